The highest BCUT2D eigenvalue weighted by molar-refractivity contribution is 5.44. The summed E-state index contributed by atoms with van der Waals surface area (Å²) in [6.45, 7) is 2.92. The van der Waals surface area contributed by atoms with Gasteiger partial charge in [-0.2, -0.15) is 5.10 Å². The molecule has 0 radical (unpaired) electrons. The lowest BCUT2D eigenvalue weighted by atomic mass is 9.99. The molecule has 0 N–H and O–H groups in total. The molecule has 22 heavy (non-hydrogen) atoms. The minimum absolute atomic E-state index is 0.445. The summed E-state index contributed by atoms with van der Waals surface area (Å²) in [5, 5.41) is 4.64. The van der Waals surface area contributed by atoms with Crippen molar-refractivity contribution in [3.05, 3.63) is 53.4 Å². The van der Waals surface area contributed by atoms with E-state index >= 15 is 0 Å². The molecule has 5 heteroatoms. The Morgan fingerprint density at radius 2 is 2.32 bits per heavy atom. The number of furan rings is 1. The predicted molar refractivity (Wildman–Crippen MR) is 81.4 cm³/mol. The van der Waals surface area contributed by atoms with Crippen LogP contribution in [0.2, 0.25) is 0 Å². The first kappa shape index (κ1) is 12.4. The molecule has 5 nitrogen and oxygen atoms in total. The number of hydrogen-bond donors (Lipinski definition) is 0. The van der Waals surface area contributed by atoms with E-state index in [-0.39, 0.29) is 0 Å². The average molecular weight is 294 g/mol. The van der Waals surface area contributed by atoms with E-state index < -0.39 is 0 Å². The molecule has 0 unspecified atom stereocenters. The fourth-order valence-corrected chi connectivity index (χ4v) is 4.13. The molecule has 3 aromatic heterocycles. The molecule has 0 aromatic carbocycles. The summed E-state index contributed by atoms with van der Waals surface area (Å²) in [5.41, 5.74) is 4.69. The molecule has 2 aliphatic heterocycles. The van der Waals surface area contributed by atoms with Gasteiger partial charge in [-0.05, 0) is 31.9 Å². The Balaban J connectivity index is 1.59. The Kier molecular flexibility index (Phi) is 2.50. The molecular formula is C17H18N4O. The van der Waals surface area contributed by atoms with Gasteiger partial charge in [0.1, 0.15) is 5.76 Å². The molecule has 1 fully saturated rings. The molecule has 2 bridgehead atoms. The number of aromatic nitrogens is 3. The van der Waals surface area contributed by atoms with Crippen LogP contribution < -0.4 is 0 Å². The van der Waals surface area contributed by atoms with Crippen LogP contribution >= 0.6 is 0 Å². The van der Waals surface area contributed by atoms with Gasteiger partial charge < -0.3 is 4.42 Å². The first-order valence-electron chi connectivity index (χ1n) is 7.92. The Morgan fingerprint density at radius 3 is 3.18 bits per heavy atom. The van der Waals surface area contributed by atoms with Crippen LogP contribution in [0.1, 0.15) is 41.6 Å². The molecule has 3 aromatic rings. The monoisotopic (exact) mass is 294 g/mol. The first-order valence-corrected chi connectivity index (χ1v) is 7.92. The van der Waals surface area contributed by atoms with Crippen LogP contribution in [0, 0.1) is 6.92 Å². The maximum absolute atomic E-state index is 5.55. The summed E-state index contributed by atoms with van der Waals surface area (Å²) in [7, 11) is 0. The Hall–Kier alpha value is -2.14. The summed E-state index contributed by atoms with van der Waals surface area (Å²) in [5.74, 6) is 1.05. The third kappa shape index (κ3) is 1.69. The van der Waals surface area contributed by atoms with Crippen molar-refractivity contribution < 1.29 is 4.42 Å². The molecule has 0 spiro atoms. The minimum Gasteiger partial charge on any atom is -0.468 e. The van der Waals surface area contributed by atoms with E-state index in [4.69, 9.17) is 4.42 Å². The Morgan fingerprint density at radius 1 is 1.36 bits per heavy atom. The molecule has 5 rings (SSSR count). The van der Waals surface area contributed by atoms with Gasteiger partial charge in [0.05, 0.1) is 24.2 Å². The number of hydrogen-bond acceptors (Lipinski definition) is 4. The van der Waals surface area contributed by atoms with Crippen molar-refractivity contribution in [1.29, 1.82) is 0 Å². The lowest BCUT2D eigenvalue weighted by Crippen LogP contribution is -2.38. The molecule has 2 atom stereocenters. The second kappa shape index (κ2) is 4.43. The normalized spacial score (nSPS) is 24.0. The van der Waals surface area contributed by atoms with Gasteiger partial charge in [-0.1, -0.05) is 0 Å². The largest absolute Gasteiger partial charge is 0.468 e. The Bertz CT molecular complexity index is 836. The van der Waals surface area contributed by atoms with Crippen LogP contribution in [0.5, 0.6) is 0 Å². The van der Waals surface area contributed by atoms with E-state index in [1.807, 2.05) is 13.0 Å². The van der Waals surface area contributed by atoms with E-state index in [1.165, 1.54) is 24.1 Å². The van der Waals surface area contributed by atoms with Crippen LogP contribution in [0.25, 0.3) is 5.65 Å². The maximum atomic E-state index is 5.55. The summed E-state index contributed by atoms with van der Waals surface area (Å²) in [6.07, 6.45) is 7.31. The fourth-order valence-electron chi connectivity index (χ4n) is 4.13. The van der Waals surface area contributed by atoms with Gasteiger partial charge in [0.25, 0.3) is 0 Å². The highest BCUT2D eigenvalue weighted by Crippen LogP contribution is 2.44. The minimum atomic E-state index is 0.445. The third-order valence-electron chi connectivity index (χ3n) is 5.09. The molecule has 0 aliphatic carbocycles. The molecular weight excluding hydrogens is 276 g/mol. The van der Waals surface area contributed by atoms with Crippen LogP contribution in [-0.4, -0.2) is 25.5 Å². The van der Waals surface area contributed by atoms with Crippen LogP contribution in [0.4, 0.5) is 0 Å². The second-order valence-electron chi connectivity index (χ2n) is 6.42. The van der Waals surface area contributed by atoms with Gasteiger partial charge in [0, 0.05) is 36.3 Å². The van der Waals surface area contributed by atoms with E-state index in [1.54, 1.807) is 6.26 Å². The highest BCUT2D eigenvalue weighted by atomic mass is 16.3. The fraction of sp³-hybridized carbons (Fsp3) is 0.412. The number of aryl methyl sites for hydroxylation is 1. The summed E-state index contributed by atoms with van der Waals surface area (Å²) in [6, 6.07) is 7.11. The second-order valence-corrected chi connectivity index (χ2v) is 6.42. The average Bonchev–Trinajstić information content (AvgIpc) is 3.19. The zero-order valence-corrected chi connectivity index (χ0v) is 12.6. The summed E-state index contributed by atoms with van der Waals surface area (Å²) < 4.78 is 7.60. The third-order valence-corrected chi connectivity index (χ3v) is 5.09. The van der Waals surface area contributed by atoms with Gasteiger partial charge >= 0.3 is 0 Å². The zero-order valence-electron chi connectivity index (χ0n) is 12.6. The predicted octanol–water partition coefficient (Wildman–Crippen LogP) is 2.89. The van der Waals surface area contributed by atoms with Crippen molar-refractivity contribution >= 4 is 5.65 Å². The Labute approximate surface area is 128 Å². The van der Waals surface area contributed by atoms with Gasteiger partial charge in [0.2, 0.25) is 0 Å². The van der Waals surface area contributed by atoms with E-state index in [2.05, 4.69) is 37.8 Å². The maximum Gasteiger partial charge on any atom is 0.155 e. The SMILES string of the molecule is Cc1cc2ncc3c(n2n1)C[C@@H]1CC[C@@H]3N1Cc1ccco1. The van der Waals surface area contributed by atoms with Gasteiger partial charge in [-0.15, -0.1) is 0 Å². The zero-order chi connectivity index (χ0) is 14.7. The number of fused-ring (bicyclic) bond motifs is 6. The molecule has 0 amide bonds. The van der Waals surface area contributed by atoms with Crippen molar-refractivity contribution in [3.63, 3.8) is 0 Å². The summed E-state index contributed by atoms with van der Waals surface area (Å²) in [4.78, 5) is 7.19. The number of nitrogens with zero attached hydrogens (tertiary/aromatic N) is 4. The standard InChI is InChI=1S/C17H18N4O/c1-11-7-17-18-9-14-15-5-4-12(8-16(14)21(17)19-11)20(15)10-13-3-2-6-22-13/h2-3,6-7,9,12,15H,4-5,8,10H2,1H3/t12-,15-/m0/s1. The van der Waals surface area contributed by atoms with Gasteiger partial charge in [0.15, 0.2) is 5.65 Å². The van der Waals surface area contributed by atoms with E-state index in [9.17, 15) is 0 Å². The van der Waals surface area contributed by atoms with Crippen LogP contribution in [-0.2, 0) is 13.0 Å². The van der Waals surface area contributed by atoms with Crippen LogP contribution in [0.15, 0.2) is 35.1 Å². The lowest BCUT2D eigenvalue weighted by Gasteiger charge is -2.35. The van der Waals surface area contributed by atoms with Crippen LogP contribution in [0.3, 0.4) is 0 Å². The van der Waals surface area contributed by atoms with E-state index in [0.717, 1.165) is 30.1 Å². The topological polar surface area (TPSA) is 46.6 Å². The molecule has 112 valence electrons. The van der Waals surface area contributed by atoms with Crippen molar-refractivity contribution in [2.45, 2.75) is 44.8 Å². The van der Waals surface area contributed by atoms with Crippen molar-refractivity contribution in [2.24, 2.45) is 0 Å². The lowest BCUT2D eigenvalue weighted by molar-refractivity contribution is 0.152. The van der Waals surface area contributed by atoms with E-state index in [0.29, 0.717) is 12.1 Å². The highest BCUT2D eigenvalue weighted by Gasteiger charge is 2.41. The quantitative estimate of drug-likeness (QED) is 0.729. The number of rotatable bonds is 2. The molecule has 1 saturated heterocycles. The molecule has 0 saturated carbocycles. The van der Waals surface area contributed by atoms with Gasteiger partial charge in [-0.3, -0.25) is 4.90 Å². The first-order chi connectivity index (χ1) is 10.8. The molecule has 2 aliphatic rings. The van der Waals surface area contributed by atoms with Crippen molar-refractivity contribution in [2.75, 3.05) is 0 Å². The van der Waals surface area contributed by atoms with Gasteiger partial charge in [-0.25, -0.2) is 9.50 Å². The van der Waals surface area contributed by atoms with Crippen molar-refractivity contribution in [3.8, 4) is 0 Å². The molecule has 5 heterocycles. The van der Waals surface area contributed by atoms with Crippen molar-refractivity contribution in [1.82, 2.24) is 19.5 Å². The summed E-state index contributed by atoms with van der Waals surface area (Å²) >= 11 is 0. The smallest absolute Gasteiger partial charge is 0.155 e.